The number of hydrogen-bond acceptors (Lipinski definition) is 3. The van der Waals surface area contributed by atoms with Crippen molar-refractivity contribution in [3.63, 3.8) is 0 Å². The normalized spacial score (nSPS) is 14.0. The molecule has 2 aromatic rings. The minimum atomic E-state index is -0.211. The van der Waals surface area contributed by atoms with Gasteiger partial charge in [-0.2, -0.15) is 0 Å². The molecule has 1 aliphatic rings. The summed E-state index contributed by atoms with van der Waals surface area (Å²) >= 11 is 3.10. The SMILES string of the molecule is O=C(CCSc1ccccc1F)N(Cc1cccs1)C1CC1. The highest BCUT2D eigenvalue weighted by Gasteiger charge is 2.32. The number of thioether (sulfide) groups is 1. The maximum atomic E-state index is 13.5. The molecule has 1 fully saturated rings. The number of thiophene rings is 1. The molecule has 5 heteroatoms. The predicted molar refractivity (Wildman–Crippen MR) is 89.6 cm³/mol. The molecule has 1 aromatic carbocycles. The number of hydrogen-bond donors (Lipinski definition) is 0. The van der Waals surface area contributed by atoms with E-state index in [2.05, 4.69) is 6.07 Å². The summed E-state index contributed by atoms with van der Waals surface area (Å²) in [5.74, 6) is 0.588. The third kappa shape index (κ3) is 4.11. The average Bonchev–Trinajstić information content (AvgIpc) is 3.23. The van der Waals surface area contributed by atoms with Crippen molar-refractivity contribution < 1.29 is 9.18 Å². The Hall–Kier alpha value is -1.33. The van der Waals surface area contributed by atoms with Gasteiger partial charge in [-0.1, -0.05) is 18.2 Å². The highest BCUT2D eigenvalue weighted by atomic mass is 32.2. The molecule has 1 saturated carbocycles. The van der Waals surface area contributed by atoms with Crippen molar-refractivity contribution in [3.8, 4) is 0 Å². The summed E-state index contributed by atoms with van der Waals surface area (Å²) in [6, 6.07) is 11.2. The fourth-order valence-corrected chi connectivity index (χ4v) is 3.91. The lowest BCUT2D eigenvalue weighted by Crippen LogP contribution is -2.32. The molecule has 116 valence electrons. The summed E-state index contributed by atoms with van der Waals surface area (Å²) in [6.07, 6.45) is 2.68. The molecule has 0 unspecified atom stereocenters. The van der Waals surface area contributed by atoms with Crippen LogP contribution in [-0.4, -0.2) is 22.6 Å². The number of benzene rings is 1. The molecule has 1 aromatic heterocycles. The monoisotopic (exact) mass is 335 g/mol. The number of nitrogens with zero attached hydrogens (tertiary/aromatic N) is 1. The van der Waals surface area contributed by atoms with Crippen LogP contribution in [0.25, 0.3) is 0 Å². The van der Waals surface area contributed by atoms with E-state index in [0.29, 0.717) is 29.7 Å². The van der Waals surface area contributed by atoms with Crippen LogP contribution in [0.1, 0.15) is 24.1 Å². The Morgan fingerprint density at radius 3 is 2.77 bits per heavy atom. The molecule has 0 saturated heterocycles. The van der Waals surface area contributed by atoms with E-state index in [-0.39, 0.29) is 11.7 Å². The second-order valence-electron chi connectivity index (χ2n) is 5.36. The van der Waals surface area contributed by atoms with Crippen molar-refractivity contribution in [2.24, 2.45) is 0 Å². The second kappa shape index (κ2) is 7.29. The molecule has 22 heavy (non-hydrogen) atoms. The van der Waals surface area contributed by atoms with Gasteiger partial charge in [-0.05, 0) is 36.4 Å². The van der Waals surface area contributed by atoms with E-state index >= 15 is 0 Å². The Balaban J connectivity index is 1.52. The maximum Gasteiger partial charge on any atom is 0.223 e. The van der Waals surface area contributed by atoms with E-state index in [0.717, 1.165) is 12.8 Å². The molecule has 0 atom stereocenters. The van der Waals surface area contributed by atoms with Gasteiger partial charge in [-0.25, -0.2) is 4.39 Å². The highest BCUT2D eigenvalue weighted by Crippen LogP contribution is 2.30. The molecule has 3 rings (SSSR count). The number of carbonyl (C=O) groups excluding carboxylic acids is 1. The average molecular weight is 335 g/mol. The molecule has 1 heterocycles. The van der Waals surface area contributed by atoms with E-state index < -0.39 is 0 Å². The Bertz CT molecular complexity index is 625. The van der Waals surface area contributed by atoms with Gasteiger partial charge in [0.25, 0.3) is 0 Å². The van der Waals surface area contributed by atoms with Gasteiger partial charge in [0.2, 0.25) is 5.91 Å². The first kappa shape index (κ1) is 15.6. The zero-order chi connectivity index (χ0) is 15.4. The van der Waals surface area contributed by atoms with Gasteiger partial charge in [-0.3, -0.25) is 4.79 Å². The van der Waals surface area contributed by atoms with E-state index in [1.807, 2.05) is 22.4 Å². The fourth-order valence-electron chi connectivity index (χ4n) is 2.33. The van der Waals surface area contributed by atoms with Crippen LogP contribution in [-0.2, 0) is 11.3 Å². The predicted octanol–water partition coefficient (Wildman–Crippen LogP) is 4.56. The standard InChI is InChI=1S/C17H18FNOS2/c18-15-5-1-2-6-16(15)22-11-9-17(20)19(13-7-8-13)12-14-4-3-10-21-14/h1-6,10,13H,7-9,11-12H2. The van der Waals surface area contributed by atoms with E-state index in [9.17, 15) is 9.18 Å². The molecule has 2 nitrogen and oxygen atoms in total. The molecule has 0 radical (unpaired) electrons. The summed E-state index contributed by atoms with van der Waals surface area (Å²) in [6.45, 7) is 0.714. The minimum absolute atomic E-state index is 0.180. The van der Waals surface area contributed by atoms with Crippen LogP contribution >= 0.6 is 23.1 Å². The van der Waals surface area contributed by atoms with Crippen LogP contribution in [0.5, 0.6) is 0 Å². The zero-order valence-corrected chi connectivity index (χ0v) is 13.8. The van der Waals surface area contributed by atoms with Crippen molar-refractivity contribution in [3.05, 3.63) is 52.5 Å². The number of carbonyl (C=O) groups is 1. The van der Waals surface area contributed by atoms with E-state index in [4.69, 9.17) is 0 Å². The Labute approximate surface area is 138 Å². The molecule has 0 bridgehead atoms. The van der Waals surface area contributed by atoms with Crippen molar-refractivity contribution in [1.82, 2.24) is 4.90 Å². The summed E-state index contributed by atoms with van der Waals surface area (Å²) < 4.78 is 13.5. The van der Waals surface area contributed by atoms with Gasteiger partial charge in [0.1, 0.15) is 5.82 Å². The lowest BCUT2D eigenvalue weighted by atomic mass is 10.3. The van der Waals surface area contributed by atoms with Crippen molar-refractivity contribution in [2.75, 3.05) is 5.75 Å². The molecule has 0 aliphatic heterocycles. The van der Waals surface area contributed by atoms with E-state index in [1.165, 1.54) is 22.7 Å². The van der Waals surface area contributed by atoms with Crippen LogP contribution in [0.15, 0.2) is 46.7 Å². The largest absolute Gasteiger partial charge is 0.335 e. The lowest BCUT2D eigenvalue weighted by molar-refractivity contribution is -0.131. The molecule has 0 N–H and O–H groups in total. The van der Waals surface area contributed by atoms with Crippen molar-refractivity contribution in [1.29, 1.82) is 0 Å². The van der Waals surface area contributed by atoms with Gasteiger partial charge in [0, 0.05) is 28.0 Å². The lowest BCUT2D eigenvalue weighted by Gasteiger charge is -2.21. The third-order valence-electron chi connectivity index (χ3n) is 3.62. The maximum absolute atomic E-state index is 13.5. The van der Waals surface area contributed by atoms with Gasteiger partial charge >= 0.3 is 0 Å². The first-order chi connectivity index (χ1) is 10.7. The first-order valence-corrected chi connectivity index (χ1v) is 9.30. The zero-order valence-electron chi connectivity index (χ0n) is 12.2. The van der Waals surface area contributed by atoms with Crippen molar-refractivity contribution >= 4 is 29.0 Å². The minimum Gasteiger partial charge on any atom is -0.335 e. The van der Waals surface area contributed by atoms with E-state index in [1.54, 1.807) is 23.5 Å². The second-order valence-corrected chi connectivity index (χ2v) is 7.53. The fraction of sp³-hybridized carbons (Fsp3) is 0.353. The quantitative estimate of drug-likeness (QED) is 0.691. The van der Waals surface area contributed by atoms with Gasteiger partial charge in [-0.15, -0.1) is 23.1 Å². The van der Waals surface area contributed by atoms with Crippen molar-refractivity contribution in [2.45, 2.75) is 36.7 Å². The van der Waals surface area contributed by atoms with Crippen LogP contribution in [0.2, 0.25) is 0 Å². The Kier molecular flexibility index (Phi) is 5.16. The summed E-state index contributed by atoms with van der Waals surface area (Å²) in [4.78, 5) is 16.3. The molecule has 0 spiro atoms. The summed E-state index contributed by atoms with van der Waals surface area (Å²) in [5, 5.41) is 2.04. The smallest absolute Gasteiger partial charge is 0.223 e. The molecular weight excluding hydrogens is 317 g/mol. The molecule has 1 amide bonds. The van der Waals surface area contributed by atoms with Gasteiger partial charge < -0.3 is 4.90 Å². The highest BCUT2D eigenvalue weighted by molar-refractivity contribution is 7.99. The van der Waals surface area contributed by atoms with Crippen LogP contribution in [0.4, 0.5) is 4.39 Å². The number of amides is 1. The molecular formula is C17H18FNOS2. The van der Waals surface area contributed by atoms with Gasteiger partial charge in [0.05, 0.1) is 6.54 Å². The van der Waals surface area contributed by atoms with Gasteiger partial charge in [0.15, 0.2) is 0 Å². The number of rotatable bonds is 7. The third-order valence-corrected chi connectivity index (χ3v) is 5.54. The van der Waals surface area contributed by atoms with Crippen LogP contribution in [0, 0.1) is 5.82 Å². The van der Waals surface area contributed by atoms with Crippen LogP contribution < -0.4 is 0 Å². The summed E-state index contributed by atoms with van der Waals surface area (Å²) in [7, 11) is 0. The molecule has 1 aliphatic carbocycles. The Morgan fingerprint density at radius 1 is 1.27 bits per heavy atom. The Morgan fingerprint density at radius 2 is 2.09 bits per heavy atom. The summed E-state index contributed by atoms with van der Waals surface area (Å²) in [5.41, 5.74) is 0. The number of halogens is 1. The van der Waals surface area contributed by atoms with Crippen LogP contribution in [0.3, 0.4) is 0 Å². The first-order valence-electron chi connectivity index (χ1n) is 7.43. The topological polar surface area (TPSA) is 20.3 Å².